The van der Waals surface area contributed by atoms with E-state index >= 15 is 0 Å². The van der Waals surface area contributed by atoms with E-state index < -0.39 is 6.04 Å². The number of nitrogens with zero attached hydrogens (tertiary/aromatic N) is 4. The third-order valence-corrected chi connectivity index (χ3v) is 5.40. The molecule has 0 saturated heterocycles. The number of hydrogen-bond acceptors (Lipinski definition) is 5. The van der Waals surface area contributed by atoms with Gasteiger partial charge in [0.15, 0.2) is 0 Å². The van der Waals surface area contributed by atoms with Crippen LogP contribution in [0.3, 0.4) is 0 Å². The molecule has 8 nitrogen and oxygen atoms in total. The van der Waals surface area contributed by atoms with Gasteiger partial charge in [0, 0.05) is 24.4 Å². The monoisotopic (exact) mass is 416 g/mol. The van der Waals surface area contributed by atoms with Gasteiger partial charge in [-0.3, -0.25) is 9.59 Å². The molecule has 3 unspecified atom stereocenters. The molecule has 1 aromatic heterocycles. The van der Waals surface area contributed by atoms with E-state index in [1.807, 2.05) is 13.8 Å². The Kier molecular flexibility index (Phi) is 7.12. The molecule has 1 aliphatic rings. The van der Waals surface area contributed by atoms with E-state index in [2.05, 4.69) is 26.2 Å². The van der Waals surface area contributed by atoms with Gasteiger partial charge < -0.3 is 10.6 Å². The van der Waals surface area contributed by atoms with Gasteiger partial charge in [-0.25, -0.2) is 9.07 Å². The molecule has 1 aliphatic carbocycles. The lowest BCUT2D eigenvalue weighted by Crippen LogP contribution is -2.46. The van der Waals surface area contributed by atoms with E-state index in [1.54, 1.807) is 19.1 Å². The minimum Gasteiger partial charge on any atom is -0.354 e. The van der Waals surface area contributed by atoms with Crippen LogP contribution in [0.2, 0.25) is 0 Å². The molecule has 0 spiro atoms. The van der Waals surface area contributed by atoms with Crippen molar-refractivity contribution in [3.63, 3.8) is 0 Å². The minimum atomic E-state index is -0.702. The zero-order chi connectivity index (χ0) is 21.7. The maximum absolute atomic E-state index is 13.6. The second-order valence-corrected chi connectivity index (χ2v) is 8.25. The van der Waals surface area contributed by atoms with Gasteiger partial charge in [-0.05, 0) is 68.2 Å². The van der Waals surface area contributed by atoms with Crippen molar-refractivity contribution in [3.05, 3.63) is 41.5 Å². The van der Waals surface area contributed by atoms with Crippen LogP contribution in [0.15, 0.2) is 24.3 Å². The highest BCUT2D eigenvalue weighted by Crippen LogP contribution is 2.26. The Morgan fingerprint density at radius 1 is 1.30 bits per heavy atom. The average Bonchev–Trinajstić information content (AvgIpc) is 3.11. The van der Waals surface area contributed by atoms with E-state index in [1.165, 1.54) is 16.8 Å². The molecule has 3 atom stereocenters. The van der Waals surface area contributed by atoms with Crippen LogP contribution in [0.4, 0.5) is 4.39 Å². The number of carbonyl (C=O) groups excluding carboxylic acids is 2. The molecule has 1 saturated carbocycles. The summed E-state index contributed by atoms with van der Waals surface area (Å²) < 4.78 is 15.1. The fourth-order valence-electron chi connectivity index (χ4n) is 3.96. The summed E-state index contributed by atoms with van der Waals surface area (Å²) in [6.45, 7) is 5.59. The molecular weight excluding hydrogens is 387 g/mol. The van der Waals surface area contributed by atoms with Crippen molar-refractivity contribution >= 4 is 11.8 Å². The molecule has 2 amide bonds. The molecule has 9 heteroatoms. The smallest absolute Gasteiger partial charge is 0.245 e. The highest BCUT2D eigenvalue weighted by molar-refractivity contribution is 5.81. The van der Waals surface area contributed by atoms with Crippen molar-refractivity contribution in [1.29, 1.82) is 0 Å². The Labute approximate surface area is 175 Å². The summed E-state index contributed by atoms with van der Waals surface area (Å²) >= 11 is 0. The molecule has 0 bridgehead atoms. The van der Waals surface area contributed by atoms with Crippen LogP contribution in [-0.2, 0) is 16.0 Å². The van der Waals surface area contributed by atoms with Crippen LogP contribution < -0.4 is 10.6 Å². The maximum Gasteiger partial charge on any atom is 0.245 e. The van der Waals surface area contributed by atoms with Gasteiger partial charge in [0.1, 0.15) is 17.7 Å². The van der Waals surface area contributed by atoms with E-state index in [0.717, 1.165) is 19.3 Å². The summed E-state index contributed by atoms with van der Waals surface area (Å²) in [5, 5.41) is 17.5. The van der Waals surface area contributed by atoms with Gasteiger partial charge in [-0.1, -0.05) is 18.6 Å². The van der Waals surface area contributed by atoms with Gasteiger partial charge in [-0.2, -0.15) is 0 Å². The van der Waals surface area contributed by atoms with Crippen molar-refractivity contribution in [2.24, 2.45) is 5.92 Å². The number of halogens is 1. The lowest BCUT2D eigenvalue weighted by Gasteiger charge is -2.30. The van der Waals surface area contributed by atoms with Crippen molar-refractivity contribution < 1.29 is 14.0 Å². The summed E-state index contributed by atoms with van der Waals surface area (Å²) in [4.78, 5) is 25.6. The number of amides is 2. The molecule has 3 rings (SSSR count). The highest BCUT2D eigenvalue weighted by atomic mass is 19.1. The normalized spacial score (nSPS) is 20.0. The van der Waals surface area contributed by atoms with Crippen LogP contribution in [0.25, 0.3) is 0 Å². The van der Waals surface area contributed by atoms with Crippen molar-refractivity contribution in [2.75, 3.05) is 0 Å². The first kappa shape index (κ1) is 21.9. The third-order valence-electron chi connectivity index (χ3n) is 5.40. The zero-order valence-corrected chi connectivity index (χ0v) is 17.6. The van der Waals surface area contributed by atoms with Crippen molar-refractivity contribution in [2.45, 2.75) is 71.0 Å². The van der Waals surface area contributed by atoms with Crippen LogP contribution >= 0.6 is 0 Å². The standard InChI is InChI=1S/C21H29FN6O2/c1-13(2)23-20(29)16-7-5-9-18(12-16)24-21(30)19(28-14(3)25-26-27-28)11-15-6-4-8-17(22)10-15/h4,6,8,10,13,16,18-19H,5,7,9,11-12H2,1-3H3,(H,23,29)(H,24,30). The van der Waals surface area contributed by atoms with Crippen LogP contribution in [0, 0.1) is 18.7 Å². The van der Waals surface area contributed by atoms with E-state index in [9.17, 15) is 14.0 Å². The quantitative estimate of drug-likeness (QED) is 0.720. The molecule has 162 valence electrons. The molecule has 2 N–H and O–H groups in total. The van der Waals surface area contributed by atoms with Gasteiger partial charge in [0.05, 0.1) is 0 Å². The number of tetrazole rings is 1. The Balaban J connectivity index is 1.71. The first-order chi connectivity index (χ1) is 14.3. The topological polar surface area (TPSA) is 102 Å². The summed E-state index contributed by atoms with van der Waals surface area (Å²) in [5.74, 6) is -0.153. The lowest BCUT2D eigenvalue weighted by molar-refractivity contribution is -0.129. The number of hydrogen-bond donors (Lipinski definition) is 2. The van der Waals surface area contributed by atoms with Crippen LogP contribution in [0.5, 0.6) is 0 Å². The minimum absolute atomic E-state index is 0.0385. The van der Waals surface area contributed by atoms with Gasteiger partial charge in [-0.15, -0.1) is 5.10 Å². The molecule has 1 fully saturated rings. The number of rotatable bonds is 7. The van der Waals surface area contributed by atoms with Crippen molar-refractivity contribution in [1.82, 2.24) is 30.8 Å². The molecular formula is C21H29FN6O2. The van der Waals surface area contributed by atoms with E-state index in [0.29, 0.717) is 17.8 Å². The van der Waals surface area contributed by atoms with Gasteiger partial charge in [0.25, 0.3) is 0 Å². The number of benzene rings is 1. The molecule has 0 radical (unpaired) electrons. The largest absolute Gasteiger partial charge is 0.354 e. The average molecular weight is 417 g/mol. The fraction of sp³-hybridized carbons (Fsp3) is 0.571. The molecule has 30 heavy (non-hydrogen) atoms. The lowest BCUT2D eigenvalue weighted by atomic mass is 9.84. The molecule has 1 heterocycles. The predicted molar refractivity (Wildman–Crippen MR) is 109 cm³/mol. The maximum atomic E-state index is 13.6. The second kappa shape index (κ2) is 9.77. The summed E-state index contributed by atoms with van der Waals surface area (Å²) in [5.41, 5.74) is 0.683. The van der Waals surface area contributed by atoms with Crippen LogP contribution in [-0.4, -0.2) is 44.1 Å². The fourth-order valence-corrected chi connectivity index (χ4v) is 3.96. The molecule has 1 aromatic carbocycles. The highest BCUT2D eigenvalue weighted by Gasteiger charge is 2.31. The first-order valence-corrected chi connectivity index (χ1v) is 10.4. The van der Waals surface area contributed by atoms with E-state index in [-0.39, 0.29) is 42.1 Å². The Bertz CT molecular complexity index is 884. The molecule has 2 aromatic rings. The summed E-state index contributed by atoms with van der Waals surface area (Å²) in [6, 6.07) is 5.46. The SMILES string of the molecule is Cc1nnnn1C(Cc1cccc(F)c1)C(=O)NC1CCCC(C(=O)NC(C)C)C1. The summed E-state index contributed by atoms with van der Waals surface area (Å²) in [6.07, 6.45) is 3.38. The van der Waals surface area contributed by atoms with Gasteiger partial charge >= 0.3 is 0 Å². The number of carbonyl (C=O) groups is 2. The number of nitrogens with one attached hydrogen (secondary N) is 2. The number of aromatic nitrogens is 4. The van der Waals surface area contributed by atoms with Crippen LogP contribution in [0.1, 0.15) is 57.0 Å². The summed E-state index contributed by atoms with van der Waals surface area (Å²) in [7, 11) is 0. The van der Waals surface area contributed by atoms with Crippen molar-refractivity contribution in [3.8, 4) is 0 Å². The first-order valence-electron chi connectivity index (χ1n) is 10.4. The number of aryl methyl sites for hydroxylation is 1. The second-order valence-electron chi connectivity index (χ2n) is 8.25. The Morgan fingerprint density at radius 2 is 2.10 bits per heavy atom. The predicted octanol–water partition coefficient (Wildman–Crippen LogP) is 2.10. The van der Waals surface area contributed by atoms with Gasteiger partial charge in [0.2, 0.25) is 11.8 Å². The zero-order valence-electron chi connectivity index (χ0n) is 17.6. The third kappa shape index (κ3) is 5.61. The Morgan fingerprint density at radius 3 is 2.77 bits per heavy atom. The van der Waals surface area contributed by atoms with E-state index in [4.69, 9.17) is 0 Å². The Hall–Kier alpha value is -2.84. The molecule has 0 aliphatic heterocycles.